The van der Waals surface area contributed by atoms with E-state index in [4.69, 9.17) is 4.74 Å². The molecule has 4 heteroatoms. The van der Waals surface area contributed by atoms with E-state index in [-0.39, 0.29) is 0 Å². The fourth-order valence-corrected chi connectivity index (χ4v) is 2.83. The van der Waals surface area contributed by atoms with Gasteiger partial charge in [-0.25, -0.2) is 0 Å². The minimum absolute atomic E-state index is 0.494. The lowest BCUT2D eigenvalue weighted by Gasteiger charge is -2.22. The Bertz CT molecular complexity index is 827. The van der Waals surface area contributed by atoms with Crippen molar-refractivity contribution < 1.29 is 14.8 Å². The van der Waals surface area contributed by atoms with Gasteiger partial charge in [-0.05, 0) is 28.5 Å². The fraction of sp³-hybridized carbons (Fsp3) is 0. The van der Waals surface area contributed by atoms with Crippen molar-refractivity contribution in [2.24, 2.45) is 0 Å². The molecule has 0 aliphatic carbocycles. The average Bonchev–Trinajstić information content (AvgIpc) is 2.47. The molecular formula is C16H11BO3. The molecule has 0 spiro atoms. The van der Waals surface area contributed by atoms with Gasteiger partial charge in [-0.3, -0.25) is 0 Å². The number of para-hydroxylation sites is 1. The summed E-state index contributed by atoms with van der Waals surface area (Å²) in [5, 5.41) is 20.7. The van der Waals surface area contributed by atoms with E-state index in [1.165, 1.54) is 0 Å². The molecule has 20 heavy (non-hydrogen) atoms. The first-order valence-electron chi connectivity index (χ1n) is 6.45. The van der Waals surface area contributed by atoms with Crippen LogP contribution in [-0.4, -0.2) is 17.2 Å². The molecule has 3 aromatic rings. The van der Waals surface area contributed by atoms with Gasteiger partial charge in [0.15, 0.2) is 0 Å². The summed E-state index contributed by atoms with van der Waals surface area (Å²) in [4.78, 5) is 0. The van der Waals surface area contributed by atoms with Crippen LogP contribution in [0.3, 0.4) is 0 Å². The average molecular weight is 262 g/mol. The summed E-state index contributed by atoms with van der Waals surface area (Å²) in [7, 11) is -1.49. The molecule has 0 atom stereocenters. The van der Waals surface area contributed by atoms with Gasteiger partial charge < -0.3 is 14.8 Å². The zero-order chi connectivity index (χ0) is 13.7. The maximum absolute atomic E-state index is 9.50. The SMILES string of the molecule is OB(O)c1ccc2c3c(cccc13)-c1ccccc1O2. The molecule has 0 amide bonds. The van der Waals surface area contributed by atoms with Crippen molar-refractivity contribution in [3.05, 3.63) is 54.6 Å². The van der Waals surface area contributed by atoms with Crippen LogP contribution >= 0.6 is 0 Å². The van der Waals surface area contributed by atoms with Crippen LogP contribution < -0.4 is 10.2 Å². The smallest absolute Gasteiger partial charge is 0.456 e. The summed E-state index contributed by atoms with van der Waals surface area (Å²) in [5.74, 6) is 1.57. The van der Waals surface area contributed by atoms with Crippen molar-refractivity contribution in [3.63, 3.8) is 0 Å². The molecule has 0 radical (unpaired) electrons. The maximum Gasteiger partial charge on any atom is 0.489 e. The number of benzene rings is 3. The maximum atomic E-state index is 9.50. The molecule has 3 aromatic carbocycles. The van der Waals surface area contributed by atoms with E-state index in [1.54, 1.807) is 12.1 Å². The molecule has 4 rings (SSSR count). The predicted octanol–water partition coefficient (Wildman–Crippen LogP) is 2.29. The van der Waals surface area contributed by atoms with Crippen LogP contribution in [0.15, 0.2) is 54.6 Å². The van der Waals surface area contributed by atoms with Gasteiger partial charge in [-0.15, -0.1) is 0 Å². The molecule has 96 valence electrons. The largest absolute Gasteiger partial charge is 0.489 e. The van der Waals surface area contributed by atoms with E-state index in [0.717, 1.165) is 33.4 Å². The molecular weight excluding hydrogens is 251 g/mol. The summed E-state index contributed by atoms with van der Waals surface area (Å²) < 4.78 is 5.92. The van der Waals surface area contributed by atoms with Gasteiger partial charge in [0.2, 0.25) is 0 Å². The van der Waals surface area contributed by atoms with Crippen LogP contribution in [0.25, 0.3) is 21.9 Å². The van der Waals surface area contributed by atoms with E-state index >= 15 is 0 Å². The molecule has 1 heterocycles. The third-order valence-corrected chi connectivity index (χ3v) is 3.71. The summed E-state index contributed by atoms with van der Waals surface area (Å²) in [6, 6.07) is 17.2. The Morgan fingerprint density at radius 1 is 0.750 bits per heavy atom. The van der Waals surface area contributed by atoms with Gasteiger partial charge in [-0.2, -0.15) is 0 Å². The minimum Gasteiger partial charge on any atom is -0.456 e. The Labute approximate surface area is 116 Å². The molecule has 0 aromatic heterocycles. The molecule has 1 aliphatic heterocycles. The molecule has 0 saturated heterocycles. The Kier molecular flexibility index (Phi) is 2.36. The van der Waals surface area contributed by atoms with Gasteiger partial charge in [-0.1, -0.05) is 42.5 Å². The molecule has 2 N–H and O–H groups in total. The number of hydrogen-bond acceptors (Lipinski definition) is 3. The number of fused-ring (bicyclic) bond motifs is 2. The van der Waals surface area contributed by atoms with Gasteiger partial charge >= 0.3 is 7.12 Å². The molecule has 0 saturated carbocycles. The zero-order valence-corrected chi connectivity index (χ0v) is 10.6. The van der Waals surface area contributed by atoms with Crippen molar-refractivity contribution in [2.45, 2.75) is 0 Å². The summed E-state index contributed by atoms with van der Waals surface area (Å²) in [5.41, 5.74) is 2.57. The molecule has 0 unspecified atom stereocenters. The lowest BCUT2D eigenvalue weighted by atomic mass is 9.76. The third-order valence-electron chi connectivity index (χ3n) is 3.71. The van der Waals surface area contributed by atoms with Crippen LogP contribution in [-0.2, 0) is 0 Å². The first-order valence-corrected chi connectivity index (χ1v) is 6.45. The van der Waals surface area contributed by atoms with E-state index < -0.39 is 7.12 Å². The lowest BCUT2D eigenvalue weighted by Crippen LogP contribution is -2.30. The Balaban J connectivity index is 2.14. The fourth-order valence-electron chi connectivity index (χ4n) is 2.83. The van der Waals surface area contributed by atoms with Crippen LogP contribution in [0.5, 0.6) is 11.5 Å². The quantitative estimate of drug-likeness (QED) is 0.517. The van der Waals surface area contributed by atoms with Crippen LogP contribution in [0.2, 0.25) is 0 Å². The van der Waals surface area contributed by atoms with Gasteiger partial charge in [0.1, 0.15) is 11.5 Å². The van der Waals surface area contributed by atoms with Crippen molar-refractivity contribution in [1.82, 2.24) is 0 Å². The Morgan fingerprint density at radius 2 is 1.55 bits per heavy atom. The monoisotopic (exact) mass is 262 g/mol. The number of ether oxygens (including phenoxy) is 1. The Hall–Kier alpha value is -2.30. The van der Waals surface area contributed by atoms with Crippen molar-refractivity contribution in [2.75, 3.05) is 0 Å². The van der Waals surface area contributed by atoms with Crippen LogP contribution in [0.1, 0.15) is 0 Å². The highest BCUT2D eigenvalue weighted by atomic mass is 16.5. The minimum atomic E-state index is -1.49. The Morgan fingerprint density at radius 3 is 2.40 bits per heavy atom. The topological polar surface area (TPSA) is 49.7 Å². The number of rotatable bonds is 1. The van der Waals surface area contributed by atoms with Gasteiger partial charge in [0.05, 0.1) is 0 Å². The van der Waals surface area contributed by atoms with E-state index in [2.05, 4.69) is 0 Å². The normalized spacial score (nSPS) is 11.9. The van der Waals surface area contributed by atoms with Crippen molar-refractivity contribution in [3.8, 4) is 22.6 Å². The van der Waals surface area contributed by atoms with E-state index in [0.29, 0.717) is 5.46 Å². The zero-order valence-electron chi connectivity index (χ0n) is 10.6. The second kappa shape index (κ2) is 4.10. The van der Waals surface area contributed by atoms with Crippen molar-refractivity contribution >= 4 is 23.4 Å². The van der Waals surface area contributed by atoms with E-state index in [9.17, 15) is 10.0 Å². The van der Waals surface area contributed by atoms with Gasteiger partial charge in [0, 0.05) is 10.9 Å². The summed E-state index contributed by atoms with van der Waals surface area (Å²) >= 11 is 0. The second-order valence-electron chi connectivity index (χ2n) is 4.85. The molecule has 0 bridgehead atoms. The first-order chi connectivity index (χ1) is 9.75. The van der Waals surface area contributed by atoms with Crippen LogP contribution in [0.4, 0.5) is 0 Å². The first kappa shape index (κ1) is 11.5. The predicted molar refractivity (Wildman–Crippen MR) is 79.3 cm³/mol. The van der Waals surface area contributed by atoms with Crippen LogP contribution in [0, 0.1) is 0 Å². The summed E-state index contributed by atoms with van der Waals surface area (Å²) in [6.07, 6.45) is 0. The highest BCUT2D eigenvalue weighted by Crippen LogP contribution is 2.45. The summed E-state index contributed by atoms with van der Waals surface area (Å²) in [6.45, 7) is 0. The lowest BCUT2D eigenvalue weighted by molar-refractivity contribution is 0.426. The molecule has 0 fully saturated rings. The van der Waals surface area contributed by atoms with Crippen molar-refractivity contribution in [1.29, 1.82) is 0 Å². The second-order valence-corrected chi connectivity index (χ2v) is 4.85. The third kappa shape index (κ3) is 1.49. The molecule has 3 nitrogen and oxygen atoms in total. The van der Waals surface area contributed by atoms with E-state index in [1.807, 2.05) is 42.5 Å². The highest BCUT2D eigenvalue weighted by molar-refractivity contribution is 6.62. The highest BCUT2D eigenvalue weighted by Gasteiger charge is 2.23. The molecule has 1 aliphatic rings. The van der Waals surface area contributed by atoms with Gasteiger partial charge in [0.25, 0.3) is 0 Å². The number of hydrogen-bond donors (Lipinski definition) is 2. The standard InChI is InChI=1S/C16H11BO3/c18-17(19)13-8-9-15-16-11(5-3-6-12(13)16)10-4-1-2-7-14(10)20-15/h1-9,18-19H.